The van der Waals surface area contributed by atoms with Crippen LogP contribution in [0.5, 0.6) is 0 Å². The van der Waals surface area contributed by atoms with E-state index in [4.69, 9.17) is 4.52 Å². The molecule has 0 atom stereocenters. The van der Waals surface area contributed by atoms with Crippen molar-refractivity contribution in [3.8, 4) is 0 Å². The second-order valence-corrected chi connectivity index (χ2v) is 6.50. The van der Waals surface area contributed by atoms with Gasteiger partial charge in [0.25, 0.3) is 0 Å². The van der Waals surface area contributed by atoms with Crippen molar-refractivity contribution in [3.63, 3.8) is 0 Å². The number of thioether (sulfide) groups is 1. The topological polar surface area (TPSA) is 51.0 Å². The Hall–Kier alpha value is -1.40. The van der Waals surface area contributed by atoms with Crippen LogP contribution in [0, 0.1) is 5.82 Å². The molecule has 0 amide bonds. The van der Waals surface area contributed by atoms with Gasteiger partial charge in [-0.05, 0) is 39.0 Å². The molecular formula is C14H18FN3OS. The molecule has 2 rings (SSSR count). The molecule has 1 N–H and O–H groups in total. The molecule has 0 aliphatic rings. The zero-order valence-electron chi connectivity index (χ0n) is 11.8. The number of benzene rings is 1. The van der Waals surface area contributed by atoms with Crippen LogP contribution in [0.2, 0.25) is 0 Å². The van der Waals surface area contributed by atoms with Gasteiger partial charge in [0.1, 0.15) is 5.82 Å². The van der Waals surface area contributed by atoms with Crippen molar-refractivity contribution in [1.29, 1.82) is 0 Å². The molecule has 0 unspecified atom stereocenters. The third-order valence-corrected chi connectivity index (χ3v) is 3.43. The minimum absolute atomic E-state index is 0.00491. The maximum Gasteiger partial charge on any atom is 0.240 e. The van der Waals surface area contributed by atoms with E-state index in [1.54, 1.807) is 6.07 Å². The summed E-state index contributed by atoms with van der Waals surface area (Å²) in [4.78, 5) is 5.15. The number of nitrogens with one attached hydrogen (secondary N) is 1. The zero-order chi connectivity index (χ0) is 14.6. The lowest BCUT2D eigenvalue weighted by Gasteiger charge is -2.18. The van der Waals surface area contributed by atoms with Crippen LogP contribution in [0.15, 0.2) is 33.7 Å². The van der Waals surface area contributed by atoms with Crippen LogP contribution >= 0.6 is 11.8 Å². The van der Waals surface area contributed by atoms with Crippen LogP contribution in [-0.4, -0.2) is 15.7 Å². The van der Waals surface area contributed by atoms with Gasteiger partial charge in [0.2, 0.25) is 5.89 Å². The fourth-order valence-corrected chi connectivity index (χ4v) is 2.25. The second-order valence-electron chi connectivity index (χ2n) is 5.45. The molecule has 0 radical (unpaired) electrons. The van der Waals surface area contributed by atoms with E-state index in [-0.39, 0.29) is 11.4 Å². The van der Waals surface area contributed by atoms with Gasteiger partial charge in [0.05, 0.1) is 12.3 Å². The monoisotopic (exact) mass is 295 g/mol. The predicted molar refractivity (Wildman–Crippen MR) is 76.9 cm³/mol. The molecule has 0 aliphatic carbocycles. The molecule has 1 aromatic carbocycles. The minimum Gasteiger partial charge on any atom is -0.338 e. The lowest BCUT2D eigenvalue weighted by molar-refractivity contribution is 0.334. The first-order valence-corrected chi connectivity index (χ1v) is 7.36. The Labute approximate surface area is 122 Å². The van der Waals surface area contributed by atoms with Gasteiger partial charge in [-0.2, -0.15) is 4.98 Å². The summed E-state index contributed by atoms with van der Waals surface area (Å²) in [5.41, 5.74) is 0.00491. The highest BCUT2D eigenvalue weighted by molar-refractivity contribution is 7.98. The first-order valence-electron chi connectivity index (χ1n) is 6.37. The molecular weight excluding hydrogens is 277 g/mol. The SMILES string of the molecule is CC(C)(C)NCc1nc(CSc2cccc(F)c2)no1. The average molecular weight is 295 g/mol. The minimum atomic E-state index is -0.238. The molecule has 1 heterocycles. The van der Waals surface area contributed by atoms with Gasteiger partial charge in [0.15, 0.2) is 5.82 Å². The first kappa shape index (κ1) is 15.0. The average Bonchev–Trinajstić information content (AvgIpc) is 2.81. The lowest BCUT2D eigenvalue weighted by Crippen LogP contribution is -2.35. The molecule has 4 nitrogen and oxygen atoms in total. The molecule has 0 spiro atoms. The maximum atomic E-state index is 13.0. The molecule has 0 saturated heterocycles. The Morgan fingerprint density at radius 3 is 2.85 bits per heavy atom. The number of aromatic nitrogens is 2. The van der Waals surface area contributed by atoms with E-state index >= 15 is 0 Å². The summed E-state index contributed by atoms with van der Waals surface area (Å²) in [6, 6.07) is 6.46. The van der Waals surface area contributed by atoms with Crippen LogP contribution in [0.1, 0.15) is 32.5 Å². The van der Waals surface area contributed by atoms with Gasteiger partial charge in [-0.3, -0.25) is 0 Å². The number of rotatable bonds is 5. The lowest BCUT2D eigenvalue weighted by atomic mass is 10.1. The molecule has 108 valence electrons. The van der Waals surface area contributed by atoms with E-state index in [0.29, 0.717) is 24.0 Å². The Kier molecular flexibility index (Phi) is 4.77. The highest BCUT2D eigenvalue weighted by Crippen LogP contribution is 2.22. The second kappa shape index (κ2) is 6.37. The Balaban J connectivity index is 1.87. The van der Waals surface area contributed by atoms with Gasteiger partial charge >= 0.3 is 0 Å². The van der Waals surface area contributed by atoms with Gasteiger partial charge in [-0.1, -0.05) is 11.2 Å². The van der Waals surface area contributed by atoms with Crippen LogP contribution in [0.4, 0.5) is 4.39 Å². The van der Waals surface area contributed by atoms with E-state index in [9.17, 15) is 4.39 Å². The van der Waals surface area contributed by atoms with Gasteiger partial charge < -0.3 is 9.84 Å². The van der Waals surface area contributed by atoms with Crippen molar-refractivity contribution in [2.75, 3.05) is 0 Å². The highest BCUT2D eigenvalue weighted by Gasteiger charge is 2.12. The normalized spacial score (nSPS) is 11.8. The van der Waals surface area contributed by atoms with Gasteiger partial charge in [0, 0.05) is 10.4 Å². The molecule has 0 fully saturated rings. The maximum absolute atomic E-state index is 13.0. The van der Waals surface area contributed by atoms with E-state index in [0.717, 1.165) is 4.90 Å². The summed E-state index contributed by atoms with van der Waals surface area (Å²) in [6.45, 7) is 6.76. The van der Waals surface area contributed by atoms with Crippen molar-refractivity contribution < 1.29 is 8.91 Å². The fraction of sp³-hybridized carbons (Fsp3) is 0.429. The van der Waals surface area contributed by atoms with Gasteiger partial charge in [-0.15, -0.1) is 11.8 Å². The summed E-state index contributed by atoms with van der Waals surface area (Å²) >= 11 is 1.48. The van der Waals surface area contributed by atoms with Gasteiger partial charge in [-0.25, -0.2) is 4.39 Å². The summed E-state index contributed by atoms with van der Waals surface area (Å²) in [6.07, 6.45) is 0. The molecule has 2 aromatic rings. The summed E-state index contributed by atoms with van der Waals surface area (Å²) in [7, 11) is 0. The third-order valence-electron chi connectivity index (χ3n) is 2.44. The van der Waals surface area contributed by atoms with Crippen molar-refractivity contribution >= 4 is 11.8 Å². The highest BCUT2D eigenvalue weighted by atomic mass is 32.2. The van der Waals surface area contributed by atoms with Crippen molar-refractivity contribution in [2.45, 2.75) is 43.5 Å². The van der Waals surface area contributed by atoms with Crippen molar-refractivity contribution in [1.82, 2.24) is 15.5 Å². The number of halogens is 1. The van der Waals surface area contributed by atoms with Crippen LogP contribution in [-0.2, 0) is 12.3 Å². The third kappa shape index (κ3) is 4.94. The molecule has 0 saturated carbocycles. The summed E-state index contributed by atoms with van der Waals surface area (Å²) < 4.78 is 18.2. The van der Waals surface area contributed by atoms with Crippen LogP contribution in [0.25, 0.3) is 0 Å². The van der Waals surface area contributed by atoms with Crippen molar-refractivity contribution in [3.05, 3.63) is 41.8 Å². The van der Waals surface area contributed by atoms with Crippen molar-refractivity contribution in [2.24, 2.45) is 0 Å². The number of hydrogen-bond donors (Lipinski definition) is 1. The molecule has 0 bridgehead atoms. The number of hydrogen-bond acceptors (Lipinski definition) is 5. The van der Waals surface area contributed by atoms with E-state index in [1.165, 1.54) is 23.9 Å². The molecule has 1 aromatic heterocycles. The Bertz CT molecular complexity index is 566. The Morgan fingerprint density at radius 1 is 1.35 bits per heavy atom. The largest absolute Gasteiger partial charge is 0.338 e. The van der Waals surface area contributed by atoms with E-state index in [1.807, 2.05) is 6.07 Å². The zero-order valence-corrected chi connectivity index (χ0v) is 12.6. The van der Waals surface area contributed by atoms with Crippen LogP contribution < -0.4 is 5.32 Å². The fourth-order valence-electron chi connectivity index (χ4n) is 1.47. The summed E-state index contributed by atoms with van der Waals surface area (Å²) in [5, 5.41) is 7.19. The number of nitrogens with zero attached hydrogens (tertiary/aromatic N) is 2. The summed E-state index contributed by atoms with van der Waals surface area (Å²) in [5.74, 6) is 1.50. The molecule has 0 aliphatic heterocycles. The smallest absolute Gasteiger partial charge is 0.240 e. The van der Waals surface area contributed by atoms with E-state index < -0.39 is 0 Å². The van der Waals surface area contributed by atoms with E-state index in [2.05, 4.69) is 36.2 Å². The standard InChI is InChI=1S/C14H18FN3OS/c1-14(2,3)16-8-13-17-12(18-19-13)9-20-11-6-4-5-10(15)7-11/h4-7,16H,8-9H2,1-3H3. The molecule has 6 heteroatoms. The first-order chi connectivity index (χ1) is 9.42. The predicted octanol–water partition coefficient (Wildman–Crippen LogP) is 3.39. The Morgan fingerprint density at radius 2 is 2.15 bits per heavy atom. The quantitative estimate of drug-likeness (QED) is 0.857. The molecule has 20 heavy (non-hydrogen) atoms. The van der Waals surface area contributed by atoms with Crippen LogP contribution in [0.3, 0.4) is 0 Å².